The minimum atomic E-state index is -0.0492. The van der Waals surface area contributed by atoms with Crippen LogP contribution in [0.5, 0.6) is 5.75 Å². The average Bonchev–Trinajstić information content (AvgIpc) is 3.53. The molecule has 3 fully saturated rings. The maximum Gasteiger partial charge on any atom is 0.251 e. The molecule has 0 saturated heterocycles. The second-order valence-electron chi connectivity index (χ2n) is 12.7. The normalized spacial score (nSPS) is 25.2. The van der Waals surface area contributed by atoms with Crippen LogP contribution in [0.4, 0.5) is 0 Å². The van der Waals surface area contributed by atoms with E-state index in [-0.39, 0.29) is 11.3 Å². The van der Waals surface area contributed by atoms with Crippen molar-refractivity contribution in [1.82, 2.24) is 20.5 Å². The molecule has 3 aliphatic rings. The Labute approximate surface area is 242 Å². The van der Waals surface area contributed by atoms with E-state index in [1.807, 2.05) is 36.7 Å². The highest BCUT2D eigenvalue weighted by Crippen LogP contribution is 2.54. The summed E-state index contributed by atoms with van der Waals surface area (Å²) in [4.78, 5) is 17.8. The van der Waals surface area contributed by atoms with Crippen molar-refractivity contribution in [2.24, 2.45) is 17.8 Å². The van der Waals surface area contributed by atoms with E-state index in [4.69, 9.17) is 4.74 Å². The third kappa shape index (κ3) is 5.25. The van der Waals surface area contributed by atoms with Gasteiger partial charge < -0.3 is 10.1 Å². The number of nitrogens with zero attached hydrogens (tertiary/aromatic N) is 2. The van der Waals surface area contributed by atoms with Crippen molar-refractivity contribution < 1.29 is 9.53 Å². The van der Waals surface area contributed by atoms with Gasteiger partial charge in [0, 0.05) is 40.9 Å². The molecule has 0 aliphatic heterocycles. The zero-order valence-corrected chi connectivity index (χ0v) is 23.9. The van der Waals surface area contributed by atoms with E-state index in [2.05, 4.69) is 57.8 Å². The fourth-order valence-electron chi connectivity index (χ4n) is 7.69. The molecule has 3 saturated carbocycles. The quantitative estimate of drug-likeness (QED) is 0.251. The van der Waals surface area contributed by atoms with Crippen molar-refractivity contribution in [2.45, 2.75) is 76.2 Å². The number of H-pyrrole nitrogens is 1. The summed E-state index contributed by atoms with van der Waals surface area (Å²) in [6.45, 7) is 3.02. The molecule has 0 bridgehead atoms. The van der Waals surface area contributed by atoms with Gasteiger partial charge in [-0.2, -0.15) is 5.10 Å². The highest BCUT2D eigenvalue weighted by molar-refractivity contribution is 6.01. The number of hydrogen-bond acceptors (Lipinski definition) is 4. The van der Waals surface area contributed by atoms with Gasteiger partial charge in [0.05, 0.1) is 17.3 Å². The first-order valence-electron chi connectivity index (χ1n) is 15.5. The van der Waals surface area contributed by atoms with Crippen molar-refractivity contribution in [3.05, 3.63) is 78.1 Å². The smallest absolute Gasteiger partial charge is 0.251 e. The van der Waals surface area contributed by atoms with Gasteiger partial charge in [0.1, 0.15) is 5.75 Å². The first-order valence-corrected chi connectivity index (χ1v) is 15.5. The zero-order valence-electron chi connectivity index (χ0n) is 23.9. The molecule has 2 unspecified atom stereocenters. The van der Waals surface area contributed by atoms with Gasteiger partial charge in [-0.3, -0.25) is 14.9 Å². The number of pyridine rings is 1. The van der Waals surface area contributed by atoms with Crippen LogP contribution in [-0.2, 0) is 5.41 Å². The van der Waals surface area contributed by atoms with Crippen LogP contribution in [0.15, 0.2) is 67.0 Å². The average molecular weight is 549 g/mol. The van der Waals surface area contributed by atoms with E-state index in [1.165, 1.54) is 37.7 Å². The van der Waals surface area contributed by atoms with E-state index in [1.54, 1.807) is 0 Å². The minimum absolute atomic E-state index is 0.0490. The lowest BCUT2D eigenvalue weighted by atomic mass is 9.70. The molecule has 2 heterocycles. The Morgan fingerprint density at radius 2 is 1.78 bits per heavy atom. The van der Waals surface area contributed by atoms with Gasteiger partial charge >= 0.3 is 0 Å². The molecule has 0 radical (unpaired) electrons. The number of aromatic nitrogens is 3. The second-order valence-corrected chi connectivity index (χ2v) is 12.7. The maximum absolute atomic E-state index is 13.4. The van der Waals surface area contributed by atoms with E-state index < -0.39 is 0 Å². The van der Waals surface area contributed by atoms with Gasteiger partial charge in [0.15, 0.2) is 0 Å². The number of benzene rings is 2. The lowest BCUT2D eigenvalue weighted by molar-refractivity contribution is 0.0936. The highest BCUT2D eigenvalue weighted by atomic mass is 16.5. The van der Waals surface area contributed by atoms with Gasteiger partial charge in [0.2, 0.25) is 0 Å². The second kappa shape index (κ2) is 11.0. The first-order chi connectivity index (χ1) is 20.1. The SMILES string of the molecule is CC1C2CCC(Oc3ccc(-c4n[nH]c5ccc(C(=O)NCC6(c7cccnc7)CCCCC6)cc45)cc3)CCC12. The Hall–Kier alpha value is -3.67. The molecule has 2 N–H and O–H groups in total. The Kier molecular flexibility index (Phi) is 7.01. The van der Waals surface area contributed by atoms with Crippen LogP contribution >= 0.6 is 0 Å². The number of hydrogen-bond donors (Lipinski definition) is 2. The monoisotopic (exact) mass is 548 g/mol. The molecule has 6 nitrogen and oxygen atoms in total. The van der Waals surface area contributed by atoms with Gasteiger partial charge in [-0.1, -0.05) is 32.3 Å². The van der Waals surface area contributed by atoms with Crippen LogP contribution in [0.3, 0.4) is 0 Å². The van der Waals surface area contributed by atoms with Crippen LogP contribution < -0.4 is 10.1 Å². The predicted molar refractivity (Wildman–Crippen MR) is 162 cm³/mol. The number of carbonyl (C=O) groups is 1. The number of nitrogens with one attached hydrogen (secondary N) is 2. The Bertz CT molecular complexity index is 1490. The van der Waals surface area contributed by atoms with Gasteiger partial charge in [0.25, 0.3) is 5.91 Å². The van der Waals surface area contributed by atoms with Crippen LogP contribution in [0.2, 0.25) is 0 Å². The predicted octanol–water partition coefficient (Wildman–Crippen LogP) is 7.46. The molecule has 2 aromatic heterocycles. The zero-order chi connectivity index (χ0) is 27.8. The van der Waals surface area contributed by atoms with E-state index >= 15 is 0 Å². The standard InChI is InChI=1S/C35H40N4O2/c1-23-29-14-12-28(13-15-30(23)29)41-27-10-7-24(8-11-27)33-31-20-25(9-16-32(31)38-39-33)34(40)37-22-35(17-3-2-4-18-35)26-6-5-19-36-21-26/h5-11,16,19-21,23,28-30H,2-4,12-15,17-18,22H2,1H3,(H,37,40)(H,38,39). The highest BCUT2D eigenvalue weighted by Gasteiger charge is 2.47. The van der Waals surface area contributed by atoms with Crippen LogP contribution in [0.25, 0.3) is 22.2 Å². The molecule has 0 spiro atoms. The summed E-state index contributed by atoms with van der Waals surface area (Å²) in [6.07, 6.45) is 14.8. The summed E-state index contributed by atoms with van der Waals surface area (Å²) < 4.78 is 6.38. The number of ether oxygens (including phenoxy) is 1. The van der Waals surface area contributed by atoms with Crippen LogP contribution in [0, 0.1) is 17.8 Å². The largest absolute Gasteiger partial charge is 0.490 e. The third-order valence-electron chi connectivity index (χ3n) is 10.3. The summed E-state index contributed by atoms with van der Waals surface area (Å²) in [5, 5.41) is 12.0. The van der Waals surface area contributed by atoms with Crippen molar-refractivity contribution in [1.29, 1.82) is 0 Å². The minimum Gasteiger partial charge on any atom is -0.490 e. The number of aromatic amines is 1. The van der Waals surface area contributed by atoms with Crippen molar-refractivity contribution >= 4 is 16.8 Å². The van der Waals surface area contributed by atoms with Gasteiger partial charge in [-0.15, -0.1) is 0 Å². The molecule has 4 aromatic rings. The van der Waals surface area contributed by atoms with Crippen molar-refractivity contribution in [3.8, 4) is 17.0 Å². The number of rotatable bonds is 7. The Balaban J connectivity index is 1.05. The third-order valence-corrected chi connectivity index (χ3v) is 10.3. The molecule has 212 valence electrons. The van der Waals surface area contributed by atoms with Crippen molar-refractivity contribution in [3.63, 3.8) is 0 Å². The summed E-state index contributed by atoms with van der Waals surface area (Å²) in [6, 6.07) is 18.2. The lowest BCUT2D eigenvalue weighted by Gasteiger charge is -2.37. The van der Waals surface area contributed by atoms with Gasteiger partial charge in [-0.05, 0) is 110 Å². The molecule has 6 heteroatoms. The number of fused-ring (bicyclic) bond motifs is 2. The van der Waals surface area contributed by atoms with Crippen LogP contribution in [-0.4, -0.2) is 33.7 Å². The summed E-state index contributed by atoms with van der Waals surface area (Å²) in [5.41, 5.74) is 4.61. The fourth-order valence-corrected chi connectivity index (χ4v) is 7.69. The summed E-state index contributed by atoms with van der Waals surface area (Å²) >= 11 is 0. The molecular formula is C35H40N4O2. The molecule has 1 amide bonds. The molecule has 7 rings (SSSR count). The fraction of sp³-hybridized carbons (Fsp3) is 0.457. The van der Waals surface area contributed by atoms with E-state index in [0.29, 0.717) is 18.2 Å². The molecular weight excluding hydrogens is 508 g/mol. The summed E-state index contributed by atoms with van der Waals surface area (Å²) in [5.74, 6) is 3.66. The van der Waals surface area contributed by atoms with Crippen LogP contribution in [0.1, 0.15) is 80.6 Å². The molecule has 41 heavy (non-hydrogen) atoms. The number of carbonyl (C=O) groups excluding carboxylic acids is 1. The summed E-state index contributed by atoms with van der Waals surface area (Å²) in [7, 11) is 0. The lowest BCUT2D eigenvalue weighted by Crippen LogP contribution is -2.42. The Morgan fingerprint density at radius 3 is 2.51 bits per heavy atom. The van der Waals surface area contributed by atoms with Crippen molar-refractivity contribution in [2.75, 3.05) is 6.54 Å². The molecule has 2 aromatic carbocycles. The number of amides is 1. The Morgan fingerprint density at radius 1 is 1.00 bits per heavy atom. The first kappa shape index (κ1) is 26.2. The van der Waals surface area contributed by atoms with Gasteiger partial charge in [-0.25, -0.2) is 0 Å². The molecule has 3 aliphatic carbocycles. The maximum atomic E-state index is 13.4. The van der Waals surface area contributed by atoms with E-state index in [0.717, 1.165) is 71.3 Å². The van der Waals surface area contributed by atoms with E-state index in [9.17, 15) is 4.79 Å². The topological polar surface area (TPSA) is 79.9 Å². The molecule has 2 atom stereocenters.